The first-order valence-electron chi connectivity index (χ1n) is 6.64. The summed E-state index contributed by atoms with van der Waals surface area (Å²) in [7, 11) is 0. The molecular formula is C13H24O5. The molecule has 0 rings (SSSR count). The maximum atomic E-state index is 10.7. The van der Waals surface area contributed by atoms with Crippen LogP contribution in [0.3, 0.4) is 0 Å². The van der Waals surface area contributed by atoms with Crippen LogP contribution in [-0.2, 0) is 14.3 Å². The lowest BCUT2D eigenvalue weighted by molar-refractivity contribution is -0.156. The fraction of sp³-hybridized carbons (Fsp3) is 0.846. The minimum Gasteiger partial charge on any atom is -0.481 e. The number of carboxylic acid groups (broad SMARTS) is 2. The van der Waals surface area contributed by atoms with Gasteiger partial charge in [0.05, 0.1) is 6.42 Å². The molecule has 1 atom stereocenters. The molecular weight excluding hydrogens is 236 g/mol. The van der Waals surface area contributed by atoms with Gasteiger partial charge in [-0.15, -0.1) is 0 Å². The minimum absolute atomic E-state index is 0.317. The van der Waals surface area contributed by atoms with Gasteiger partial charge in [-0.1, -0.05) is 45.4 Å². The maximum absolute atomic E-state index is 10.7. The normalized spacial score (nSPS) is 12.3. The third kappa shape index (κ3) is 10.1. The summed E-state index contributed by atoms with van der Waals surface area (Å²) in [4.78, 5) is 21.1. The van der Waals surface area contributed by atoms with Crippen molar-refractivity contribution in [2.24, 2.45) is 0 Å². The van der Waals surface area contributed by atoms with Gasteiger partial charge in [0.2, 0.25) is 0 Å². The van der Waals surface area contributed by atoms with E-state index in [2.05, 4.69) is 6.92 Å². The van der Waals surface area contributed by atoms with Crippen LogP contribution in [0, 0.1) is 0 Å². The van der Waals surface area contributed by atoms with Crippen molar-refractivity contribution < 1.29 is 24.5 Å². The third-order valence-electron chi connectivity index (χ3n) is 2.70. The lowest BCUT2D eigenvalue weighted by Gasteiger charge is -2.11. The molecule has 18 heavy (non-hydrogen) atoms. The highest BCUT2D eigenvalue weighted by atomic mass is 16.5. The Labute approximate surface area is 108 Å². The Balaban J connectivity index is 3.49. The van der Waals surface area contributed by atoms with E-state index in [1.165, 1.54) is 25.7 Å². The van der Waals surface area contributed by atoms with Crippen LogP contribution in [0.15, 0.2) is 0 Å². The highest BCUT2D eigenvalue weighted by Crippen LogP contribution is 2.08. The topological polar surface area (TPSA) is 83.8 Å². The zero-order chi connectivity index (χ0) is 13.8. The molecule has 0 bridgehead atoms. The summed E-state index contributed by atoms with van der Waals surface area (Å²) in [5.41, 5.74) is 0. The van der Waals surface area contributed by atoms with Crippen molar-refractivity contribution in [3.05, 3.63) is 0 Å². The molecule has 1 unspecified atom stereocenters. The van der Waals surface area contributed by atoms with Crippen molar-refractivity contribution in [2.75, 3.05) is 6.61 Å². The van der Waals surface area contributed by atoms with Gasteiger partial charge in [-0.25, -0.2) is 4.79 Å². The third-order valence-corrected chi connectivity index (χ3v) is 2.70. The molecule has 0 aliphatic carbocycles. The summed E-state index contributed by atoms with van der Waals surface area (Å²) in [5, 5.41) is 17.2. The van der Waals surface area contributed by atoms with Crippen LogP contribution in [0.5, 0.6) is 0 Å². The molecule has 0 saturated carbocycles. The maximum Gasteiger partial charge on any atom is 0.333 e. The van der Waals surface area contributed by atoms with Gasteiger partial charge in [-0.2, -0.15) is 0 Å². The van der Waals surface area contributed by atoms with E-state index in [1.807, 2.05) is 0 Å². The SMILES string of the molecule is CCCCCCCCCOC(CC(=O)O)C(=O)O. The minimum atomic E-state index is -1.22. The van der Waals surface area contributed by atoms with E-state index < -0.39 is 24.5 Å². The van der Waals surface area contributed by atoms with Gasteiger partial charge < -0.3 is 14.9 Å². The monoisotopic (exact) mass is 260 g/mol. The molecule has 5 heteroatoms. The number of rotatable bonds is 12. The van der Waals surface area contributed by atoms with Crippen molar-refractivity contribution in [3.8, 4) is 0 Å². The van der Waals surface area contributed by atoms with Gasteiger partial charge >= 0.3 is 11.9 Å². The van der Waals surface area contributed by atoms with Gasteiger partial charge in [0.15, 0.2) is 6.10 Å². The number of aliphatic carboxylic acids is 2. The lowest BCUT2D eigenvalue weighted by Crippen LogP contribution is -2.27. The van der Waals surface area contributed by atoms with Crippen LogP contribution < -0.4 is 0 Å². The van der Waals surface area contributed by atoms with E-state index in [9.17, 15) is 9.59 Å². The van der Waals surface area contributed by atoms with E-state index in [0.717, 1.165) is 19.3 Å². The second-order valence-electron chi connectivity index (χ2n) is 4.42. The van der Waals surface area contributed by atoms with Crippen LogP contribution in [0.25, 0.3) is 0 Å². The summed E-state index contributed by atoms with van der Waals surface area (Å²) in [6, 6.07) is 0. The molecule has 0 heterocycles. The number of unbranched alkanes of at least 4 members (excludes halogenated alkanes) is 6. The zero-order valence-corrected chi connectivity index (χ0v) is 11.1. The molecule has 5 nitrogen and oxygen atoms in total. The average molecular weight is 260 g/mol. The first kappa shape index (κ1) is 16.9. The van der Waals surface area contributed by atoms with E-state index in [4.69, 9.17) is 14.9 Å². The van der Waals surface area contributed by atoms with Crippen molar-refractivity contribution in [3.63, 3.8) is 0 Å². The Hall–Kier alpha value is -1.10. The fourth-order valence-electron chi connectivity index (χ4n) is 1.66. The fourth-order valence-corrected chi connectivity index (χ4v) is 1.66. The highest BCUT2D eigenvalue weighted by Gasteiger charge is 2.21. The van der Waals surface area contributed by atoms with Crippen molar-refractivity contribution in [1.29, 1.82) is 0 Å². The molecule has 0 aromatic carbocycles. The van der Waals surface area contributed by atoms with E-state index in [0.29, 0.717) is 6.61 Å². The smallest absolute Gasteiger partial charge is 0.333 e. The molecule has 0 fully saturated rings. The Kier molecular flexibility index (Phi) is 10.3. The number of hydrogen-bond acceptors (Lipinski definition) is 3. The highest BCUT2D eigenvalue weighted by molar-refractivity contribution is 5.79. The zero-order valence-electron chi connectivity index (χ0n) is 11.1. The van der Waals surface area contributed by atoms with Crippen LogP contribution in [-0.4, -0.2) is 34.9 Å². The van der Waals surface area contributed by atoms with Gasteiger partial charge in [0, 0.05) is 6.61 Å². The van der Waals surface area contributed by atoms with Gasteiger partial charge in [-0.05, 0) is 6.42 Å². The van der Waals surface area contributed by atoms with Crippen molar-refractivity contribution in [1.82, 2.24) is 0 Å². The van der Waals surface area contributed by atoms with Crippen molar-refractivity contribution >= 4 is 11.9 Å². The molecule has 0 radical (unpaired) electrons. The van der Waals surface area contributed by atoms with Gasteiger partial charge in [0.25, 0.3) is 0 Å². The Morgan fingerprint density at radius 2 is 1.56 bits per heavy atom. The lowest BCUT2D eigenvalue weighted by atomic mass is 10.1. The summed E-state index contributed by atoms with van der Waals surface area (Å²) in [5.74, 6) is -2.36. The quantitative estimate of drug-likeness (QED) is 0.527. The standard InChI is InChI=1S/C13H24O5/c1-2-3-4-5-6-7-8-9-18-11(13(16)17)10-12(14)15/h11H,2-10H2,1H3,(H,14,15)(H,16,17). The molecule has 0 aromatic rings. The van der Waals surface area contributed by atoms with E-state index in [-0.39, 0.29) is 0 Å². The Morgan fingerprint density at radius 1 is 1.00 bits per heavy atom. The van der Waals surface area contributed by atoms with Crippen LogP contribution >= 0.6 is 0 Å². The second kappa shape index (κ2) is 11.0. The van der Waals surface area contributed by atoms with Crippen LogP contribution in [0.2, 0.25) is 0 Å². The molecule has 2 N–H and O–H groups in total. The number of carbonyl (C=O) groups is 2. The van der Waals surface area contributed by atoms with Gasteiger partial charge in [-0.3, -0.25) is 4.79 Å². The van der Waals surface area contributed by atoms with E-state index >= 15 is 0 Å². The number of ether oxygens (including phenoxy) is 1. The average Bonchev–Trinajstić information content (AvgIpc) is 2.30. The summed E-state index contributed by atoms with van der Waals surface area (Å²) in [6.07, 6.45) is 6.14. The molecule has 0 saturated heterocycles. The first-order chi connectivity index (χ1) is 8.57. The second-order valence-corrected chi connectivity index (χ2v) is 4.42. The van der Waals surface area contributed by atoms with Gasteiger partial charge in [0.1, 0.15) is 0 Å². The Bertz CT molecular complexity index is 240. The molecule has 0 aromatic heterocycles. The predicted molar refractivity (Wildman–Crippen MR) is 67.6 cm³/mol. The number of carboxylic acids is 2. The molecule has 106 valence electrons. The van der Waals surface area contributed by atoms with Crippen molar-refractivity contribution in [2.45, 2.75) is 64.4 Å². The predicted octanol–water partition coefficient (Wildman–Crippen LogP) is 2.68. The molecule has 0 spiro atoms. The first-order valence-corrected chi connectivity index (χ1v) is 6.64. The molecule has 0 amide bonds. The van der Waals surface area contributed by atoms with Crippen LogP contribution in [0.4, 0.5) is 0 Å². The summed E-state index contributed by atoms with van der Waals surface area (Å²) >= 11 is 0. The van der Waals surface area contributed by atoms with Crippen LogP contribution in [0.1, 0.15) is 58.3 Å². The molecule has 0 aliphatic rings. The molecule has 0 aliphatic heterocycles. The van der Waals surface area contributed by atoms with E-state index in [1.54, 1.807) is 0 Å². The summed E-state index contributed by atoms with van der Waals surface area (Å²) < 4.78 is 5.06. The number of hydrogen-bond donors (Lipinski definition) is 2. The summed E-state index contributed by atoms with van der Waals surface area (Å²) in [6.45, 7) is 2.49. The Morgan fingerprint density at radius 3 is 2.06 bits per heavy atom. The largest absolute Gasteiger partial charge is 0.481 e.